The van der Waals surface area contributed by atoms with E-state index in [4.69, 9.17) is 9.15 Å². The number of nitrogens with zero attached hydrogens (tertiary/aromatic N) is 4. The summed E-state index contributed by atoms with van der Waals surface area (Å²) in [4.78, 5) is 24.4. The van der Waals surface area contributed by atoms with E-state index in [2.05, 4.69) is 15.0 Å². The lowest BCUT2D eigenvalue weighted by Gasteiger charge is -2.11. The van der Waals surface area contributed by atoms with Gasteiger partial charge in [0.25, 0.3) is 6.43 Å². The molecule has 0 unspecified atom stereocenters. The molecule has 0 saturated carbocycles. The molecule has 0 fully saturated rings. The molecule has 8 nitrogen and oxygen atoms in total. The van der Waals surface area contributed by atoms with Crippen LogP contribution in [-0.2, 0) is 19.6 Å². The van der Waals surface area contributed by atoms with Crippen LogP contribution in [0.1, 0.15) is 45.2 Å². The highest BCUT2D eigenvalue weighted by atomic mass is 19.3. The number of oxazole rings is 1. The number of aromatic nitrogens is 4. The second-order valence-corrected chi connectivity index (χ2v) is 9.95. The zero-order chi connectivity index (χ0) is 31.7. The first kappa shape index (κ1) is 29.5. The molecular formula is C32H21F5N4O4. The van der Waals surface area contributed by atoms with Crippen LogP contribution in [-0.4, -0.2) is 30.6 Å². The molecule has 13 heteroatoms. The fourth-order valence-corrected chi connectivity index (χ4v) is 4.79. The molecule has 0 aliphatic carbocycles. The Labute approximate surface area is 251 Å². The van der Waals surface area contributed by atoms with Gasteiger partial charge in [0, 0.05) is 29.2 Å². The van der Waals surface area contributed by atoms with Crippen molar-refractivity contribution in [3.8, 4) is 17.1 Å². The van der Waals surface area contributed by atoms with Crippen molar-refractivity contribution in [3.05, 3.63) is 131 Å². The molecule has 0 aliphatic heterocycles. The minimum atomic E-state index is -2.82. The summed E-state index contributed by atoms with van der Waals surface area (Å²) in [5.74, 6) is -2.93. The van der Waals surface area contributed by atoms with Gasteiger partial charge < -0.3 is 18.8 Å². The lowest BCUT2D eigenvalue weighted by molar-refractivity contribution is 0.0697. The van der Waals surface area contributed by atoms with Crippen LogP contribution in [0.2, 0.25) is 0 Å². The smallest absolute Gasteiger partial charge is 0.335 e. The number of carboxylic acid groups (broad SMARTS) is 1. The van der Waals surface area contributed by atoms with Crippen molar-refractivity contribution in [3.63, 3.8) is 0 Å². The number of carboxylic acids is 1. The Bertz CT molecular complexity index is 2030. The molecule has 3 aromatic carbocycles. The summed E-state index contributed by atoms with van der Waals surface area (Å²) in [5.41, 5.74) is 0.343. The van der Waals surface area contributed by atoms with Gasteiger partial charge in [-0.1, -0.05) is 18.2 Å². The molecule has 0 atom stereocenters. The minimum Gasteiger partial charge on any atom is -0.478 e. The lowest BCUT2D eigenvalue weighted by atomic mass is 10.0. The minimum absolute atomic E-state index is 0.0150. The number of halogens is 5. The Morgan fingerprint density at radius 3 is 2.49 bits per heavy atom. The maximum Gasteiger partial charge on any atom is 0.335 e. The van der Waals surface area contributed by atoms with Gasteiger partial charge in [-0.2, -0.15) is 0 Å². The van der Waals surface area contributed by atoms with Crippen molar-refractivity contribution < 1.29 is 41.0 Å². The average Bonchev–Trinajstić information content (AvgIpc) is 3.66. The van der Waals surface area contributed by atoms with E-state index in [9.17, 15) is 23.1 Å². The number of pyridine rings is 1. The second-order valence-electron chi connectivity index (χ2n) is 9.95. The second kappa shape index (κ2) is 12.2. The Balaban J connectivity index is 1.26. The van der Waals surface area contributed by atoms with Crippen LogP contribution in [0.4, 0.5) is 22.0 Å². The first-order chi connectivity index (χ1) is 21.7. The number of alkyl halides is 2. The van der Waals surface area contributed by atoms with E-state index >= 15 is 8.78 Å². The maximum absolute atomic E-state index is 15.5. The van der Waals surface area contributed by atoms with Gasteiger partial charge in [0.2, 0.25) is 11.8 Å². The van der Waals surface area contributed by atoms with Gasteiger partial charge in [0.15, 0.2) is 0 Å². The topological polar surface area (TPSA) is 103 Å². The lowest BCUT2D eigenvalue weighted by Crippen LogP contribution is -2.08. The summed E-state index contributed by atoms with van der Waals surface area (Å²) >= 11 is 0. The summed E-state index contributed by atoms with van der Waals surface area (Å²) < 4.78 is 83.2. The maximum atomic E-state index is 15.5. The van der Waals surface area contributed by atoms with Crippen molar-refractivity contribution in [2.24, 2.45) is 0 Å². The molecule has 3 heterocycles. The monoisotopic (exact) mass is 620 g/mol. The van der Waals surface area contributed by atoms with Gasteiger partial charge in [0.1, 0.15) is 42.7 Å². The molecule has 0 aliphatic rings. The molecule has 1 N–H and O–H groups in total. The summed E-state index contributed by atoms with van der Waals surface area (Å²) in [6, 6.07) is 13.7. The van der Waals surface area contributed by atoms with Crippen LogP contribution in [0.3, 0.4) is 0 Å². The summed E-state index contributed by atoms with van der Waals surface area (Å²) in [6.07, 6.45) is -0.136. The number of rotatable bonds is 10. The standard InChI is InChI=1S/C32H21F5N4O4/c33-22-10-17(31(36)37)4-5-19(22)16-45-29-3-1-2-25(40-29)21-14-23(34)20(11-24(21)35)13-28-39-26-7-6-18(32(42)43)12-27(26)41(28)15-30-38-8-9-44-30/h1-12,14,31H,13,15-16H2,(H,42,43). The predicted molar refractivity (Wildman–Crippen MR) is 150 cm³/mol. The molecule has 0 saturated heterocycles. The van der Waals surface area contributed by atoms with Crippen molar-refractivity contribution in [2.45, 2.75) is 26.0 Å². The van der Waals surface area contributed by atoms with E-state index in [0.29, 0.717) is 22.7 Å². The van der Waals surface area contributed by atoms with Crippen LogP contribution in [0, 0.1) is 17.5 Å². The number of aromatic carboxylic acids is 1. The molecular weight excluding hydrogens is 599 g/mol. The van der Waals surface area contributed by atoms with E-state index in [0.717, 1.165) is 24.3 Å². The quantitative estimate of drug-likeness (QED) is 0.160. The van der Waals surface area contributed by atoms with Gasteiger partial charge >= 0.3 is 5.97 Å². The predicted octanol–water partition coefficient (Wildman–Crippen LogP) is 7.36. The average molecular weight is 621 g/mol. The number of hydrogen-bond acceptors (Lipinski definition) is 6. The number of fused-ring (bicyclic) bond motifs is 1. The van der Waals surface area contributed by atoms with Gasteiger partial charge in [-0.15, -0.1) is 0 Å². The fraction of sp³-hybridized carbons (Fsp3) is 0.125. The number of carbonyl (C=O) groups is 1. The molecule has 6 aromatic rings. The molecule has 3 aromatic heterocycles. The van der Waals surface area contributed by atoms with Crippen LogP contribution >= 0.6 is 0 Å². The Kier molecular flexibility index (Phi) is 7.98. The summed E-state index contributed by atoms with van der Waals surface area (Å²) in [6.45, 7) is -0.259. The first-order valence-electron chi connectivity index (χ1n) is 13.4. The number of hydrogen-bond donors (Lipinski definition) is 1. The summed E-state index contributed by atoms with van der Waals surface area (Å²) in [5, 5.41) is 9.45. The molecule has 6 rings (SSSR count). The van der Waals surface area contributed by atoms with Crippen molar-refractivity contribution >= 4 is 17.0 Å². The molecule has 0 amide bonds. The van der Waals surface area contributed by atoms with Crippen LogP contribution in [0.5, 0.6) is 5.88 Å². The van der Waals surface area contributed by atoms with Gasteiger partial charge in [-0.25, -0.2) is 41.7 Å². The fourth-order valence-electron chi connectivity index (χ4n) is 4.79. The number of benzene rings is 3. The SMILES string of the molecule is O=C(O)c1ccc2nc(Cc3cc(F)c(-c4cccc(OCc5ccc(C(F)F)cc5F)n4)cc3F)n(Cc3ncco3)c2c1. The van der Waals surface area contributed by atoms with Gasteiger partial charge in [-0.05, 0) is 48.0 Å². The zero-order valence-electron chi connectivity index (χ0n) is 23.1. The normalized spacial score (nSPS) is 11.4. The van der Waals surface area contributed by atoms with Crippen molar-refractivity contribution in [1.82, 2.24) is 19.5 Å². The molecule has 228 valence electrons. The molecule has 0 spiro atoms. The van der Waals surface area contributed by atoms with Crippen LogP contribution in [0.15, 0.2) is 83.6 Å². The highest BCUT2D eigenvalue weighted by Crippen LogP contribution is 2.29. The molecule has 0 bridgehead atoms. The van der Waals surface area contributed by atoms with E-state index in [1.54, 1.807) is 4.57 Å². The first-order valence-corrected chi connectivity index (χ1v) is 13.4. The van der Waals surface area contributed by atoms with Crippen molar-refractivity contribution in [2.75, 3.05) is 0 Å². The molecule has 45 heavy (non-hydrogen) atoms. The van der Waals surface area contributed by atoms with E-state index in [1.165, 1.54) is 54.9 Å². The van der Waals surface area contributed by atoms with Gasteiger partial charge in [-0.3, -0.25) is 0 Å². The van der Waals surface area contributed by atoms with Crippen molar-refractivity contribution in [1.29, 1.82) is 0 Å². The highest BCUT2D eigenvalue weighted by Gasteiger charge is 2.20. The Hall–Kier alpha value is -5.59. The molecule has 0 radical (unpaired) electrons. The Morgan fingerprint density at radius 2 is 1.76 bits per heavy atom. The van der Waals surface area contributed by atoms with E-state index in [1.807, 2.05) is 0 Å². The van der Waals surface area contributed by atoms with Gasteiger partial charge in [0.05, 0.1) is 28.5 Å². The number of imidazole rings is 1. The largest absolute Gasteiger partial charge is 0.478 e. The third-order valence-corrected chi connectivity index (χ3v) is 7.04. The van der Waals surface area contributed by atoms with Crippen LogP contribution in [0.25, 0.3) is 22.3 Å². The third-order valence-electron chi connectivity index (χ3n) is 7.04. The van der Waals surface area contributed by atoms with Crippen LogP contribution < -0.4 is 4.74 Å². The zero-order valence-corrected chi connectivity index (χ0v) is 23.1. The van der Waals surface area contributed by atoms with E-state index < -0.39 is 35.4 Å². The summed E-state index contributed by atoms with van der Waals surface area (Å²) in [7, 11) is 0. The number of ether oxygens (including phenoxy) is 1. The van der Waals surface area contributed by atoms with E-state index in [-0.39, 0.29) is 53.4 Å². The highest BCUT2D eigenvalue weighted by molar-refractivity contribution is 5.92. The third kappa shape index (κ3) is 6.23. The Morgan fingerprint density at radius 1 is 0.933 bits per heavy atom.